The van der Waals surface area contributed by atoms with Crippen LogP contribution in [0.25, 0.3) is 0 Å². The van der Waals surface area contributed by atoms with E-state index in [2.05, 4.69) is 10.3 Å². The van der Waals surface area contributed by atoms with Gasteiger partial charge in [0.05, 0.1) is 17.7 Å². The maximum atomic E-state index is 12.7. The summed E-state index contributed by atoms with van der Waals surface area (Å²) in [6.07, 6.45) is 0.899. The molecule has 0 atom stereocenters. The molecule has 78 valence electrons. The van der Waals surface area contributed by atoms with Crippen molar-refractivity contribution in [1.82, 2.24) is 15.0 Å². The van der Waals surface area contributed by atoms with Crippen molar-refractivity contribution in [2.45, 2.75) is 24.2 Å². The van der Waals surface area contributed by atoms with E-state index in [1.807, 2.05) is 0 Å². The first-order valence-corrected chi connectivity index (χ1v) is 4.33. The van der Waals surface area contributed by atoms with E-state index in [0.29, 0.717) is 5.69 Å². The molecule has 2 rings (SSSR count). The van der Waals surface area contributed by atoms with Gasteiger partial charge in [0.1, 0.15) is 0 Å². The molecule has 0 unspecified atom stereocenters. The molecule has 4 nitrogen and oxygen atoms in total. The van der Waals surface area contributed by atoms with Crippen molar-refractivity contribution >= 4 is 0 Å². The van der Waals surface area contributed by atoms with E-state index < -0.39 is 11.3 Å². The van der Waals surface area contributed by atoms with E-state index in [9.17, 15) is 8.78 Å². The first-order valence-electron chi connectivity index (χ1n) is 4.33. The quantitative estimate of drug-likeness (QED) is 0.760. The first-order chi connectivity index (χ1) is 6.47. The smallest absolute Gasteiger partial charge is 0.250 e. The third kappa shape index (κ3) is 1.30. The minimum Gasteiger partial charge on any atom is -0.395 e. The Balaban J connectivity index is 2.24. The van der Waals surface area contributed by atoms with Crippen molar-refractivity contribution in [3.8, 4) is 0 Å². The number of aliphatic hydroxyl groups excluding tert-OH is 1. The molecule has 0 aliphatic heterocycles. The molecule has 1 saturated carbocycles. The average Bonchev–Trinajstić information content (AvgIpc) is 2.47. The molecule has 0 saturated heterocycles. The van der Waals surface area contributed by atoms with Crippen molar-refractivity contribution in [2.75, 3.05) is 6.61 Å². The van der Waals surface area contributed by atoms with Gasteiger partial charge < -0.3 is 5.11 Å². The van der Waals surface area contributed by atoms with E-state index in [4.69, 9.17) is 5.11 Å². The maximum absolute atomic E-state index is 12.7. The molecule has 0 aromatic carbocycles. The number of hydrogen-bond acceptors (Lipinski definition) is 3. The summed E-state index contributed by atoms with van der Waals surface area (Å²) in [6, 6.07) is 0. The molecule has 14 heavy (non-hydrogen) atoms. The second-order valence-corrected chi connectivity index (χ2v) is 3.93. The lowest BCUT2D eigenvalue weighted by Gasteiger charge is -2.44. The molecular formula is C8H11F2N3O. The maximum Gasteiger partial charge on any atom is 0.250 e. The van der Waals surface area contributed by atoms with Gasteiger partial charge in [-0.25, -0.2) is 8.78 Å². The zero-order chi connectivity index (χ0) is 10.4. The fraction of sp³-hybridized carbons (Fsp3) is 0.750. The van der Waals surface area contributed by atoms with Gasteiger partial charge in [-0.3, -0.25) is 4.68 Å². The Morgan fingerprint density at radius 2 is 2.21 bits per heavy atom. The number of rotatable bonds is 2. The van der Waals surface area contributed by atoms with Gasteiger partial charge in [0.25, 0.3) is 0 Å². The molecular weight excluding hydrogens is 192 g/mol. The Bertz CT molecular complexity index is 342. The number of aliphatic hydroxyl groups is 1. The number of aromatic nitrogens is 3. The summed E-state index contributed by atoms with van der Waals surface area (Å²) in [6.45, 7) is -0.304. The van der Waals surface area contributed by atoms with Crippen LogP contribution in [0.3, 0.4) is 0 Å². The average molecular weight is 203 g/mol. The molecule has 1 aliphatic carbocycles. The van der Waals surface area contributed by atoms with Crippen LogP contribution in [0.1, 0.15) is 18.5 Å². The molecule has 0 spiro atoms. The third-order valence-corrected chi connectivity index (χ3v) is 2.64. The zero-order valence-electron chi connectivity index (χ0n) is 7.74. The minimum atomic E-state index is -2.67. The lowest BCUT2D eigenvalue weighted by molar-refractivity contribution is -0.141. The van der Waals surface area contributed by atoms with Crippen molar-refractivity contribution < 1.29 is 13.9 Å². The van der Waals surface area contributed by atoms with Gasteiger partial charge >= 0.3 is 0 Å². The molecule has 0 bridgehead atoms. The fourth-order valence-electron chi connectivity index (χ4n) is 1.90. The Morgan fingerprint density at radius 3 is 2.57 bits per heavy atom. The molecule has 1 aromatic rings. The monoisotopic (exact) mass is 203 g/mol. The number of hydrogen-bond donors (Lipinski definition) is 1. The normalized spacial score (nSPS) is 23.1. The minimum absolute atomic E-state index is 0.304. The van der Waals surface area contributed by atoms with Crippen molar-refractivity contribution in [1.29, 1.82) is 0 Å². The first kappa shape index (κ1) is 9.51. The fourth-order valence-corrected chi connectivity index (χ4v) is 1.90. The second kappa shape index (κ2) is 2.73. The highest BCUT2D eigenvalue weighted by Gasteiger charge is 2.58. The van der Waals surface area contributed by atoms with Gasteiger partial charge in [0, 0.05) is 26.1 Å². The lowest BCUT2D eigenvalue weighted by atomic mass is 9.65. The summed E-state index contributed by atoms with van der Waals surface area (Å²) in [4.78, 5) is 0. The highest BCUT2D eigenvalue weighted by atomic mass is 19.3. The zero-order valence-corrected chi connectivity index (χ0v) is 7.74. The summed E-state index contributed by atoms with van der Waals surface area (Å²) in [7, 11) is 1.67. The topological polar surface area (TPSA) is 50.9 Å². The second-order valence-electron chi connectivity index (χ2n) is 3.93. The number of alkyl halides is 2. The van der Waals surface area contributed by atoms with Crippen LogP contribution in [0.5, 0.6) is 0 Å². The standard InChI is InChI=1S/C8H11F2N3O/c1-13-2-6(11-12-13)7(5-14)3-8(9,10)4-7/h2,14H,3-5H2,1H3. The highest BCUT2D eigenvalue weighted by Crippen LogP contribution is 2.52. The third-order valence-electron chi connectivity index (χ3n) is 2.64. The highest BCUT2D eigenvalue weighted by molar-refractivity contribution is 5.21. The van der Waals surface area contributed by atoms with Gasteiger partial charge in [-0.05, 0) is 0 Å². The van der Waals surface area contributed by atoms with Crippen molar-refractivity contribution in [3.63, 3.8) is 0 Å². The Labute approximate surface area is 79.5 Å². The van der Waals surface area contributed by atoms with Crippen LogP contribution in [0.4, 0.5) is 8.78 Å². The van der Waals surface area contributed by atoms with Crippen LogP contribution in [-0.4, -0.2) is 32.6 Å². The summed E-state index contributed by atoms with van der Waals surface area (Å²) in [5.41, 5.74) is -0.425. The van der Waals surface area contributed by atoms with Crippen molar-refractivity contribution in [2.24, 2.45) is 7.05 Å². The Hall–Kier alpha value is -1.04. The summed E-state index contributed by atoms with van der Waals surface area (Å²) in [5.74, 6) is -2.67. The van der Waals surface area contributed by atoms with Gasteiger partial charge in [0.2, 0.25) is 5.92 Å². The molecule has 0 radical (unpaired) electrons. The largest absolute Gasteiger partial charge is 0.395 e. The van der Waals surface area contributed by atoms with Crippen LogP contribution in [0.2, 0.25) is 0 Å². The molecule has 1 aliphatic rings. The number of halogens is 2. The molecule has 6 heteroatoms. The van der Waals surface area contributed by atoms with E-state index in [-0.39, 0.29) is 19.4 Å². The Morgan fingerprint density at radius 1 is 1.57 bits per heavy atom. The van der Waals surface area contributed by atoms with Crippen LogP contribution in [-0.2, 0) is 12.5 Å². The summed E-state index contributed by atoms with van der Waals surface area (Å²) in [5, 5.41) is 16.6. The van der Waals surface area contributed by atoms with Crippen LogP contribution in [0, 0.1) is 0 Å². The summed E-state index contributed by atoms with van der Waals surface area (Å²) < 4.78 is 26.9. The van der Waals surface area contributed by atoms with E-state index in [1.54, 1.807) is 13.2 Å². The van der Waals surface area contributed by atoms with E-state index in [0.717, 1.165) is 0 Å². The number of nitrogens with zero attached hydrogens (tertiary/aromatic N) is 3. The lowest BCUT2D eigenvalue weighted by Crippen LogP contribution is -2.52. The van der Waals surface area contributed by atoms with Crippen molar-refractivity contribution in [3.05, 3.63) is 11.9 Å². The molecule has 1 heterocycles. The molecule has 1 fully saturated rings. The van der Waals surface area contributed by atoms with Crippen LogP contribution < -0.4 is 0 Å². The van der Waals surface area contributed by atoms with Crippen LogP contribution >= 0.6 is 0 Å². The molecule has 1 aromatic heterocycles. The molecule has 1 N–H and O–H groups in total. The van der Waals surface area contributed by atoms with Gasteiger partial charge in [-0.15, -0.1) is 5.10 Å². The van der Waals surface area contributed by atoms with Gasteiger partial charge in [0.15, 0.2) is 0 Å². The molecule has 0 amide bonds. The predicted molar refractivity (Wildman–Crippen MR) is 43.9 cm³/mol. The van der Waals surface area contributed by atoms with Gasteiger partial charge in [-0.1, -0.05) is 5.21 Å². The predicted octanol–water partition coefficient (Wildman–Crippen LogP) is 0.474. The van der Waals surface area contributed by atoms with Crippen LogP contribution in [0.15, 0.2) is 6.20 Å². The van der Waals surface area contributed by atoms with E-state index in [1.165, 1.54) is 4.68 Å². The Kier molecular flexibility index (Phi) is 1.85. The van der Waals surface area contributed by atoms with Gasteiger partial charge in [-0.2, -0.15) is 0 Å². The van der Waals surface area contributed by atoms with E-state index >= 15 is 0 Å². The SMILES string of the molecule is Cn1cc(C2(CO)CC(F)(F)C2)nn1. The number of aryl methyl sites for hydroxylation is 1. The summed E-state index contributed by atoms with van der Waals surface area (Å²) >= 11 is 0.